The number of ether oxygens (including phenoxy) is 2. The molecule has 4 aromatic rings. The molecule has 0 saturated carbocycles. The van der Waals surface area contributed by atoms with Gasteiger partial charge >= 0.3 is 18.5 Å². The van der Waals surface area contributed by atoms with Crippen molar-refractivity contribution in [2.75, 3.05) is 75.5 Å². The summed E-state index contributed by atoms with van der Waals surface area (Å²) >= 11 is 0. The molecule has 2 aliphatic heterocycles. The third-order valence-corrected chi connectivity index (χ3v) is 9.64. The Kier molecular flexibility index (Phi) is 16.7. The lowest BCUT2D eigenvalue weighted by Gasteiger charge is -2.33. The van der Waals surface area contributed by atoms with E-state index in [0.29, 0.717) is 38.4 Å². The Bertz CT molecular complexity index is 2310. The summed E-state index contributed by atoms with van der Waals surface area (Å²) in [6.07, 6.45) is -3.30. The van der Waals surface area contributed by atoms with Crippen LogP contribution in [0.15, 0.2) is 72.8 Å². The molecule has 0 atom stereocenters. The monoisotopic (exact) mass is 892 g/mol. The molecule has 0 bridgehead atoms. The minimum atomic E-state index is -3.30. The summed E-state index contributed by atoms with van der Waals surface area (Å²) < 4.78 is 120. The maximum atomic E-state index is 14.8. The molecule has 0 unspecified atom stereocenters. The van der Waals surface area contributed by atoms with Crippen molar-refractivity contribution in [3.8, 4) is 0 Å². The van der Waals surface area contributed by atoms with E-state index in [9.17, 15) is 59.1 Å². The summed E-state index contributed by atoms with van der Waals surface area (Å²) in [5, 5.41) is 1.73. The molecule has 2 aliphatic rings. The van der Waals surface area contributed by atoms with Gasteiger partial charge in [0.25, 0.3) is 5.91 Å². The predicted molar refractivity (Wildman–Crippen MR) is 210 cm³/mol. The molecule has 4 aromatic carbocycles. The zero-order valence-electron chi connectivity index (χ0n) is 33.2. The van der Waals surface area contributed by atoms with Crippen molar-refractivity contribution >= 4 is 40.9 Å². The first-order valence-electron chi connectivity index (χ1n) is 19.2. The van der Waals surface area contributed by atoms with Gasteiger partial charge in [-0.25, -0.2) is 35.9 Å². The van der Waals surface area contributed by atoms with Gasteiger partial charge in [-0.1, -0.05) is 24.3 Å². The molecule has 0 radical (unpaired) electrons. The highest BCUT2D eigenvalue weighted by Gasteiger charge is 2.29. The number of hydrogen-bond donors (Lipinski definition) is 2. The Balaban J connectivity index is 0.000000240. The van der Waals surface area contributed by atoms with Gasteiger partial charge < -0.3 is 30.3 Å². The van der Waals surface area contributed by atoms with Crippen molar-refractivity contribution in [1.29, 1.82) is 0 Å². The second-order valence-electron chi connectivity index (χ2n) is 13.8. The largest absolute Gasteiger partial charge is 0.378 e. The van der Waals surface area contributed by atoms with Crippen LogP contribution in [-0.2, 0) is 27.4 Å². The number of nitrogens with one attached hydrogen (secondary N) is 1. The lowest BCUT2D eigenvalue weighted by atomic mass is 10.1. The van der Waals surface area contributed by atoms with Gasteiger partial charge in [-0.05, 0) is 36.4 Å². The molecular weight excluding hydrogens is 852 g/mol. The van der Waals surface area contributed by atoms with E-state index in [1.54, 1.807) is 5.32 Å². The average Bonchev–Trinajstić information content (AvgIpc) is 3.27. The summed E-state index contributed by atoms with van der Waals surface area (Å²) in [4.78, 5) is 65.6. The Morgan fingerprint density at radius 1 is 0.587 bits per heavy atom. The maximum Gasteiger partial charge on any atom is 0.325 e. The van der Waals surface area contributed by atoms with Crippen LogP contribution < -0.4 is 20.9 Å². The molecular formula is C42H40F8N6O7. The first kappa shape index (κ1) is 47.6. The van der Waals surface area contributed by atoms with Crippen LogP contribution in [0.25, 0.3) is 0 Å². The number of nitrogens with two attached hydrogens (primary N) is 1. The zero-order chi connectivity index (χ0) is 45.8. The quantitative estimate of drug-likeness (QED) is 0.133. The van der Waals surface area contributed by atoms with E-state index >= 15 is 0 Å². The fourth-order valence-electron chi connectivity index (χ4n) is 6.27. The van der Waals surface area contributed by atoms with Crippen molar-refractivity contribution in [3.63, 3.8) is 0 Å². The number of rotatable bonds is 12. The van der Waals surface area contributed by atoms with Gasteiger partial charge in [0.2, 0.25) is 0 Å². The minimum Gasteiger partial charge on any atom is -0.378 e. The number of urea groups is 2. The number of amides is 5. The van der Waals surface area contributed by atoms with Crippen LogP contribution in [-0.4, -0.2) is 111 Å². The topological polar surface area (TPSA) is 155 Å². The number of alkyl halides is 2. The van der Waals surface area contributed by atoms with Crippen molar-refractivity contribution in [3.05, 3.63) is 130 Å². The second-order valence-corrected chi connectivity index (χ2v) is 13.8. The summed E-state index contributed by atoms with van der Waals surface area (Å²) in [5.41, 5.74) is 4.73. The average molecular weight is 893 g/mol. The third kappa shape index (κ3) is 12.6. The fourth-order valence-corrected chi connectivity index (χ4v) is 6.27. The number of morpholine rings is 2. The fraction of sp³-hybridized carbons (Fsp3) is 0.310. The third-order valence-electron chi connectivity index (χ3n) is 9.64. The molecule has 2 saturated heterocycles. The number of benzene rings is 4. The molecule has 63 heavy (non-hydrogen) atoms. The number of halogens is 8. The van der Waals surface area contributed by atoms with Crippen LogP contribution in [0, 0.1) is 34.9 Å². The SMILES string of the molecule is NCC(=O)c1ccc(CN(C(=O)N2CCOCC2)c2ccc(F)cc2F)c(F)c1.O=C(CNC(=O)C(F)F)c1ccc(CN(C(=O)N2CCOCC2)c2ccc(F)cc2F)c(F)c1. The highest BCUT2D eigenvalue weighted by atomic mass is 19.3. The highest BCUT2D eigenvalue weighted by molar-refractivity contribution is 6.00. The van der Waals surface area contributed by atoms with Gasteiger partial charge in [-0.15, -0.1) is 0 Å². The van der Waals surface area contributed by atoms with E-state index in [2.05, 4.69) is 0 Å². The molecule has 336 valence electrons. The van der Waals surface area contributed by atoms with Crippen LogP contribution in [0.2, 0.25) is 0 Å². The van der Waals surface area contributed by atoms with Gasteiger partial charge in [0, 0.05) is 60.6 Å². The van der Waals surface area contributed by atoms with E-state index in [1.807, 2.05) is 0 Å². The van der Waals surface area contributed by atoms with E-state index < -0.39 is 84.0 Å². The molecule has 2 fully saturated rings. The van der Waals surface area contributed by atoms with Gasteiger partial charge in [0.15, 0.2) is 11.6 Å². The molecule has 13 nitrogen and oxygen atoms in total. The standard InChI is InChI=1S/C22H20F5N3O4.C20H20F3N3O3/c23-15-3-4-18(17(25)10-15)30(22(33)29-5-7-34-8-6-29)12-14-2-1-13(9-16(14)24)19(31)11-28-21(32)20(26)27;21-15-3-4-18(17(23)10-15)26(20(28)25-5-7-29-8-6-25)12-14-2-1-13(9-16(14)22)19(27)11-24/h1-4,9-10,20H,5-8,11-12H2,(H,28,32);1-4,9-10H,5-8,11-12,24H2. The van der Waals surface area contributed by atoms with Crippen molar-refractivity contribution in [2.24, 2.45) is 5.73 Å². The van der Waals surface area contributed by atoms with Crippen LogP contribution in [0.5, 0.6) is 0 Å². The molecule has 0 aromatic heterocycles. The van der Waals surface area contributed by atoms with Crippen LogP contribution in [0.1, 0.15) is 31.8 Å². The molecule has 21 heteroatoms. The smallest absolute Gasteiger partial charge is 0.325 e. The van der Waals surface area contributed by atoms with Crippen molar-refractivity contribution < 1.29 is 68.6 Å². The number of hydrogen-bond acceptors (Lipinski definition) is 8. The maximum absolute atomic E-state index is 14.8. The number of carbonyl (C=O) groups is 5. The van der Waals surface area contributed by atoms with E-state index in [0.717, 1.165) is 46.2 Å². The Hall–Kier alpha value is -6.45. The van der Waals surface area contributed by atoms with Crippen LogP contribution in [0.4, 0.5) is 56.1 Å². The molecule has 0 spiro atoms. The number of anilines is 2. The summed E-state index contributed by atoms with van der Waals surface area (Å²) in [7, 11) is 0. The van der Waals surface area contributed by atoms with Gasteiger partial charge in [-0.3, -0.25) is 24.2 Å². The molecule has 3 N–H and O–H groups in total. The highest BCUT2D eigenvalue weighted by Crippen LogP contribution is 2.27. The van der Waals surface area contributed by atoms with Gasteiger partial charge in [-0.2, -0.15) is 8.78 Å². The Labute approximate surface area is 354 Å². The minimum absolute atomic E-state index is 0.0731. The Morgan fingerprint density at radius 3 is 1.37 bits per heavy atom. The molecule has 0 aliphatic carbocycles. The van der Waals surface area contributed by atoms with E-state index in [4.69, 9.17) is 15.2 Å². The first-order chi connectivity index (χ1) is 30.1. The summed E-state index contributed by atoms with van der Waals surface area (Å²) in [6, 6.07) is 11.2. The van der Waals surface area contributed by atoms with Crippen LogP contribution in [0.3, 0.4) is 0 Å². The van der Waals surface area contributed by atoms with E-state index in [-0.39, 0.29) is 73.0 Å². The molecule has 2 heterocycles. The summed E-state index contributed by atoms with van der Waals surface area (Å²) in [5.74, 6) is -8.14. The lowest BCUT2D eigenvalue weighted by molar-refractivity contribution is -0.131. The normalized spacial score (nSPS) is 13.8. The Morgan fingerprint density at radius 2 is 1.00 bits per heavy atom. The predicted octanol–water partition coefficient (Wildman–Crippen LogP) is 5.83. The summed E-state index contributed by atoms with van der Waals surface area (Å²) in [6.45, 7) is 0.448. The van der Waals surface area contributed by atoms with Gasteiger partial charge in [0.1, 0.15) is 34.9 Å². The van der Waals surface area contributed by atoms with Crippen molar-refractivity contribution in [1.82, 2.24) is 15.1 Å². The number of nitrogens with zero attached hydrogens (tertiary/aromatic N) is 4. The van der Waals surface area contributed by atoms with Crippen LogP contribution >= 0.6 is 0 Å². The second kappa shape index (κ2) is 22.1. The van der Waals surface area contributed by atoms with Gasteiger partial charge in [0.05, 0.1) is 64.0 Å². The number of Topliss-reactive ketones (excluding diaryl/α,β-unsaturated/α-hetero) is 2. The molecule has 6 rings (SSSR count). The van der Waals surface area contributed by atoms with Crippen molar-refractivity contribution in [2.45, 2.75) is 19.5 Å². The van der Waals surface area contributed by atoms with E-state index in [1.165, 1.54) is 34.1 Å². The zero-order valence-corrected chi connectivity index (χ0v) is 33.2. The first-order valence-corrected chi connectivity index (χ1v) is 19.2. The number of ketones is 2. The number of carbonyl (C=O) groups excluding carboxylic acids is 5. The lowest BCUT2D eigenvalue weighted by Crippen LogP contribution is -2.48. The molecule has 5 amide bonds.